The third kappa shape index (κ3) is 6.47. The Hall–Kier alpha value is -4.66. The van der Waals surface area contributed by atoms with Gasteiger partial charge in [-0.15, -0.1) is 13.2 Å². The van der Waals surface area contributed by atoms with Gasteiger partial charge in [-0.2, -0.15) is 0 Å². The van der Waals surface area contributed by atoms with E-state index in [1.54, 1.807) is 30.3 Å². The van der Waals surface area contributed by atoms with Crippen LogP contribution in [0.1, 0.15) is 26.4 Å². The first-order valence-electron chi connectivity index (χ1n) is 10.8. The van der Waals surface area contributed by atoms with E-state index in [-0.39, 0.29) is 12.1 Å². The number of anilines is 1. The zero-order valence-corrected chi connectivity index (χ0v) is 18.8. The summed E-state index contributed by atoms with van der Waals surface area (Å²) in [7, 11) is 0. The topological polar surface area (TPSA) is 80.3 Å². The second kappa shape index (κ2) is 10.7. The number of aromatic nitrogens is 1. The number of nitrogens with zero attached hydrogens (tertiary/aromatic N) is 1. The second-order valence-corrected chi connectivity index (χ2v) is 7.66. The maximum absolute atomic E-state index is 12.9. The van der Waals surface area contributed by atoms with Crippen molar-refractivity contribution in [3.8, 4) is 16.9 Å². The molecule has 4 aromatic rings. The third-order valence-corrected chi connectivity index (χ3v) is 5.12. The lowest BCUT2D eigenvalue weighted by Crippen LogP contribution is -2.26. The maximum atomic E-state index is 12.9. The SMILES string of the molecule is O=C(Nc1ccc(-c2ccccc2)cc1)c1ccc(OC(F)(F)F)c(C(=O)NCc2ccccn2)c1. The molecule has 0 saturated heterocycles. The Labute approximate surface area is 204 Å². The number of hydrogen-bond acceptors (Lipinski definition) is 4. The van der Waals surface area contributed by atoms with Gasteiger partial charge in [0.15, 0.2) is 0 Å². The fourth-order valence-corrected chi connectivity index (χ4v) is 3.41. The fourth-order valence-electron chi connectivity index (χ4n) is 3.41. The lowest BCUT2D eigenvalue weighted by molar-refractivity contribution is -0.274. The average Bonchev–Trinajstić information content (AvgIpc) is 2.88. The molecule has 1 aromatic heterocycles. The zero-order valence-electron chi connectivity index (χ0n) is 18.8. The second-order valence-electron chi connectivity index (χ2n) is 7.66. The predicted molar refractivity (Wildman–Crippen MR) is 128 cm³/mol. The number of ether oxygens (including phenoxy) is 1. The van der Waals surface area contributed by atoms with Crippen molar-refractivity contribution in [1.29, 1.82) is 0 Å². The number of rotatable bonds is 7. The minimum absolute atomic E-state index is 0.0142. The van der Waals surface area contributed by atoms with Gasteiger partial charge in [-0.05, 0) is 53.6 Å². The summed E-state index contributed by atoms with van der Waals surface area (Å²) >= 11 is 0. The van der Waals surface area contributed by atoms with Crippen LogP contribution in [-0.4, -0.2) is 23.2 Å². The Morgan fingerprint density at radius 1 is 0.806 bits per heavy atom. The van der Waals surface area contributed by atoms with E-state index in [1.807, 2.05) is 42.5 Å². The summed E-state index contributed by atoms with van der Waals surface area (Å²) in [5, 5.41) is 5.18. The molecule has 36 heavy (non-hydrogen) atoms. The lowest BCUT2D eigenvalue weighted by atomic mass is 10.1. The Bertz CT molecular complexity index is 1340. The Balaban J connectivity index is 1.52. The molecule has 6 nitrogen and oxygen atoms in total. The molecule has 0 bridgehead atoms. The van der Waals surface area contributed by atoms with Crippen molar-refractivity contribution in [1.82, 2.24) is 10.3 Å². The monoisotopic (exact) mass is 491 g/mol. The van der Waals surface area contributed by atoms with E-state index in [4.69, 9.17) is 0 Å². The molecule has 2 amide bonds. The summed E-state index contributed by atoms with van der Waals surface area (Å²) in [5.41, 5.74) is 2.51. The van der Waals surface area contributed by atoms with Gasteiger partial charge in [-0.1, -0.05) is 48.5 Å². The minimum atomic E-state index is -5.01. The number of carbonyl (C=O) groups is 2. The maximum Gasteiger partial charge on any atom is 0.573 e. The first kappa shape index (κ1) is 24.5. The summed E-state index contributed by atoms with van der Waals surface area (Å²) in [4.78, 5) is 29.6. The summed E-state index contributed by atoms with van der Waals surface area (Å²) in [6.45, 7) is -0.0185. The van der Waals surface area contributed by atoms with Crippen molar-refractivity contribution in [2.45, 2.75) is 12.9 Å². The van der Waals surface area contributed by atoms with E-state index < -0.39 is 29.5 Å². The molecule has 0 unspecified atom stereocenters. The fraction of sp³-hybridized carbons (Fsp3) is 0.0741. The van der Waals surface area contributed by atoms with Gasteiger partial charge in [0.25, 0.3) is 11.8 Å². The molecule has 0 aliphatic heterocycles. The molecule has 1 heterocycles. The molecule has 182 valence electrons. The van der Waals surface area contributed by atoms with E-state index in [9.17, 15) is 22.8 Å². The quantitative estimate of drug-likeness (QED) is 0.341. The van der Waals surface area contributed by atoms with E-state index in [2.05, 4.69) is 20.4 Å². The Kier molecular flexibility index (Phi) is 7.29. The number of hydrogen-bond donors (Lipinski definition) is 2. The largest absolute Gasteiger partial charge is 0.573 e. The minimum Gasteiger partial charge on any atom is -0.405 e. The van der Waals surface area contributed by atoms with Crippen LogP contribution < -0.4 is 15.4 Å². The molecule has 9 heteroatoms. The van der Waals surface area contributed by atoms with Gasteiger partial charge in [0, 0.05) is 17.4 Å². The molecule has 0 spiro atoms. The van der Waals surface area contributed by atoms with Gasteiger partial charge in [-0.25, -0.2) is 0 Å². The van der Waals surface area contributed by atoms with Crippen molar-refractivity contribution in [3.05, 3.63) is 114 Å². The number of alkyl halides is 3. The highest BCUT2D eigenvalue weighted by Crippen LogP contribution is 2.28. The molecule has 4 rings (SSSR count). The summed E-state index contributed by atoms with van der Waals surface area (Å²) in [5.74, 6) is -2.16. The van der Waals surface area contributed by atoms with Crippen LogP contribution in [0.3, 0.4) is 0 Å². The van der Waals surface area contributed by atoms with Crippen LogP contribution in [0.25, 0.3) is 11.1 Å². The number of nitrogens with one attached hydrogen (secondary N) is 2. The molecular weight excluding hydrogens is 471 g/mol. The van der Waals surface area contributed by atoms with Gasteiger partial charge in [0.1, 0.15) is 5.75 Å². The molecule has 0 aliphatic rings. The van der Waals surface area contributed by atoms with Gasteiger partial charge in [-0.3, -0.25) is 14.6 Å². The van der Waals surface area contributed by atoms with Crippen LogP contribution in [0.5, 0.6) is 5.75 Å². The number of benzene rings is 3. The van der Waals surface area contributed by atoms with Crippen molar-refractivity contribution < 1.29 is 27.5 Å². The van der Waals surface area contributed by atoms with Crippen LogP contribution >= 0.6 is 0 Å². The zero-order chi connectivity index (χ0) is 25.5. The molecule has 0 atom stereocenters. The number of carbonyl (C=O) groups excluding carboxylic acids is 2. The highest BCUT2D eigenvalue weighted by atomic mass is 19.4. The van der Waals surface area contributed by atoms with Crippen molar-refractivity contribution >= 4 is 17.5 Å². The normalized spacial score (nSPS) is 11.0. The van der Waals surface area contributed by atoms with Crippen LogP contribution in [-0.2, 0) is 6.54 Å². The first-order chi connectivity index (χ1) is 17.3. The molecule has 0 saturated carbocycles. The standard InChI is InChI=1S/C27H20F3N3O3/c28-27(29,30)36-24-14-11-20(16-23(24)26(35)32-17-22-8-4-5-15-31-22)25(34)33-21-12-9-19(10-13-21)18-6-2-1-3-7-18/h1-16H,17H2,(H,32,35)(H,33,34). The van der Waals surface area contributed by atoms with Gasteiger partial charge < -0.3 is 15.4 Å². The van der Waals surface area contributed by atoms with Crippen LogP contribution in [0.15, 0.2) is 97.2 Å². The van der Waals surface area contributed by atoms with Crippen LogP contribution in [0, 0.1) is 0 Å². The average molecular weight is 491 g/mol. The highest BCUT2D eigenvalue weighted by Gasteiger charge is 2.33. The van der Waals surface area contributed by atoms with Crippen molar-refractivity contribution in [3.63, 3.8) is 0 Å². The highest BCUT2D eigenvalue weighted by molar-refractivity contribution is 6.07. The van der Waals surface area contributed by atoms with Gasteiger partial charge in [0.05, 0.1) is 17.8 Å². The van der Waals surface area contributed by atoms with Crippen molar-refractivity contribution in [2.75, 3.05) is 5.32 Å². The third-order valence-electron chi connectivity index (χ3n) is 5.12. The van der Waals surface area contributed by atoms with Gasteiger partial charge >= 0.3 is 6.36 Å². The molecule has 2 N–H and O–H groups in total. The number of pyridine rings is 1. The number of amides is 2. The van der Waals surface area contributed by atoms with Crippen LogP contribution in [0.2, 0.25) is 0 Å². The van der Waals surface area contributed by atoms with E-state index in [0.29, 0.717) is 11.4 Å². The van der Waals surface area contributed by atoms with Gasteiger partial charge in [0.2, 0.25) is 0 Å². The molecule has 3 aromatic carbocycles. The Morgan fingerprint density at radius 2 is 1.50 bits per heavy atom. The van der Waals surface area contributed by atoms with E-state index >= 15 is 0 Å². The van der Waals surface area contributed by atoms with Crippen LogP contribution in [0.4, 0.5) is 18.9 Å². The smallest absolute Gasteiger partial charge is 0.405 e. The summed E-state index contributed by atoms with van der Waals surface area (Å²) in [6.07, 6.45) is -3.49. The predicted octanol–water partition coefficient (Wildman–Crippen LogP) is 5.83. The lowest BCUT2D eigenvalue weighted by Gasteiger charge is -2.15. The van der Waals surface area contributed by atoms with E-state index in [1.165, 1.54) is 6.20 Å². The first-order valence-corrected chi connectivity index (χ1v) is 10.8. The summed E-state index contributed by atoms with van der Waals surface area (Å²) < 4.78 is 42.7. The van der Waals surface area contributed by atoms with E-state index in [0.717, 1.165) is 29.3 Å². The molecular formula is C27H20F3N3O3. The number of halogens is 3. The van der Waals surface area contributed by atoms with Crippen molar-refractivity contribution in [2.24, 2.45) is 0 Å². The molecule has 0 fully saturated rings. The molecule has 0 radical (unpaired) electrons. The Morgan fingerprint density at radius 3 is 2.17 bits per heavy atom. The molecule has 0 aliphatic carbocycles. The summed E-state index contributed by atoms with van der Waals surface area (Å²) in [6, 6.07) is 25.0.